The molecular formula is C11H15FN2O2. The third-order valence-electron chi connectivity index (χ3n) is 2.33. The maximum Gasteiger partial charge on any atom is 0.258 e. The molecule has 0 heterocycles. The summed E-state index contributed by atoms with van der Waals surface area (Å²) in [6, 6.07) is 3.51. The van der Waals surface area contributed by atoms with E-state index >= 15 is 0 Å². The van der Waals surface area contributed by atoms with E-state index in [1.807, 2.05) is 6.92 Å². The summed E-state index contributed by atoms with van der Waals surface area (Å²) in [7, 11) is 0. The monoisotopic (exact) mass is 226 g/mol. The number of phenols is 1. The van der Waals surface area contributed by atoms with Gasteiger partial charge < -0.3 is 16.2 Å². The number of halogens is 1. The Morgan fingerprint density at radius 2 is 2.31 bits per heavy atom. The molecule has 0 aromatic heterocycles. The summed E-state index contributed by atoms with van der Waals surface area (Å²) in [6.07, 6.45) is 0.650. The number of rotatable bonds is 4. The number of carbonyl (C=O) groups is 1. The zero-order valence-corrected chi connectivity index (χ0v) is 9.03. The first kappa shape index (κ1) is 12.4. The molecule has 0 aliphatic carbocycles. The predicted octanol–water partition coefficient (Wildman–Crippen LogP) is 0.998. The molecule has 0 aliphatic heterocycles. The van der Waals surface area contributed by atoms with Crippen LogP contribution in [0.4, 0.5) is 4.39 Å². The van der Waals surface area contributed by atoms with Crippen LogP contribution in [0.15, 0.2) is 18.2 Å². The summed E-state index contributed by atoms with van der Waals surface area (Å²) in [5, 5.41) is 11.9. The van der Waals surface area contributed by atoms with E-state index in [4.69, 9.17) is 5.73 Å². The summed E-state index contributed by atoms with van der Waals surface area (Å²) < 4.78 is 13.3. The van der Waals surface area contributed by atoms with Crippen molar-refractivity contribution in [2.45, 2.75) is 19.4 Å². The number of nitrogens with two attached hydrogens (primary N) is 1. The van der Waals surface area contributed by atoms with Crippen molar-refractivity contribution in [1.29, 1.82) is 0 Å². The Balaban J connectivity index is 2.88. The Kier molecular flexibility index (Phi) is 4.25. The minimum atomic E-state index is -0.746. The van der Waals surface area contributed by atoms with E-state index in [0.717, 1.165) is 6.07 Å². The number of amides is 1. The number of hydrogen-bond donors (Lipinski definition) is 3. The Bertz CT molecular complexity index is 358. The SMILES string of the molecule is CCC(CN)NC(=O)c1c(O)cccc1F. The molecule has 16 heavy (non-hydrogen) atoms. The fraction of sp³-hybridized carbons (Fsp3) is 0.364. The lowest BCUT2D eigenvalue weighted by atomic mass is 10.1. The van der Waals surface area contributed by atoms with Gasteiger partial charge in [-0.3, -0.25) is 4.79 Å². The second kappa shape index (κ2) is 5.46. The Morgan fingerprint density at radius 1 is 1.62 bits per heavy atom. The van der Waals surface area contributed by atoms with Gasteiger partial charge in [-0.25, -0.2) is 4.39 Å². The molecule has 88 valence electrons. The second-order valence-corrected chi connectivity index (χ2v) is 3.45. The van der Waals surface area contributed by atoms with Gasteiger partial charge in [-0.2, -0.15) is 0 Å². The lowest BCUT2D eigenvalue weighted by Gasteiger charge is -2.15. The van der Waals surface area contributed by atoms with E-state index < -0.39 is 11.7 Å². The first-order valence-electron chi connectivity index (χ1n) is 5.08. The van der Waals surface area contributed by atoms with Gasteiger partial charge in [-0.05, 0) is 18.6 Å². The number of benzene rings is 1. The average Bonchev–Trinajstić information content (AvgIpc) is 2.25. The van der Waals surface area contributed by atoms with E-state index in [1.54, 1.807) is 0 Å². The van der Waals surface area contributed by atoms with Gasteiger partial charge in [0, 0.05) is 12.6 Å². The smallest absolute Gasteiger partial charge is 0.258 e. The quantitative estimate of drug-likeness (QED) is 0.717. The highest BCUT2D eigenvalue weighted by atomic mass is 19.1. The number of nitrogens with one attached hydrogen (secondary N) is 1. The maximum absolute atomic E-state index is 13.3. The van der Waals surface area contributed by atoms with Gasteiger partial charge in [-0.15, -0.1) is 0 Å². The Labute approximate surface area is 93.3 Å². The number of carbonyl (C=O) groups excluding carboxylic acids is 1. The molecule has 1 amide bonds. The van der Waals surface area contributed by atoms with E-state index in [-0.39, 0.29) is 23.9 Å². The molecule has 0 fully saturated rings. The molecule has 0 radical (unpaired) electrons. The van der Waals surface area contributed by atoms with Gasteiger partial charge >= 0.3 is 0 Å². The van der Waals surface area contributed by atoms with E-state index in [1.165, 1.54) is 12.1 Å². The third-order valence-corrected chi connectivity index (χ3v) is 2.33. The zero-order valence-electron chi connectivity index (χ0n) is 9.03. The van der Waals surface area contributed by atoms with Crippen LogP contribution in [-0.4, -0.2) is 23.6 Å². The van der Waals surface area contributed by atoms with Gasteiger partial charge in [-0.1, -0.05) is 13.0 Å². The van der Waals surface area contributed by atoms with Crippen LogP contribution in [-0.2, 0) is 0 Å². The minimum absolute atomic E-state index is 0.216. The summed E-state index contributed by atoms with van der Waals surface area (Å²) in [5.74, 6) is -1.76. The molecule has 1 aromatic rings. The fourth-order valence-corrected chi connectivity index (χ4v) is 1.32. The first-order valence-corrected chi connectivity index (χ1v) is 5.08. The van der Waals surface area contributed by atoms with E-state index in [2.05, 4.69) is 5.32 Å². The Hall–Kier alpha value is -1.62. The summed E-state index contributed by atoms with van der Waals surface area (Å²) >= 11 is 0. The number of aromatic hydroxyl groups is 1. The molecule has 0 bridgehead atoms. The molecule has 4 N–H and O–H groups in total. The van der Waals surface area contributed by atoms with Crippen molar-refractivity contribution in [2.24, 2.45) is 5.73 Å². The molecule has 1 aromatic carbocycles. The van der Waals surface area contributed by atoms with Crippen molar-refractivity contribution in [2.75, 3.05) is 6.54 Å². The van der Waals surface area contributed by atoms with Gasteiger partial charge in [0.1, 0.15) is 17.1 Å². The van der Waals surface area contributed by atoms with Crippen LogP contribution in [0.2, 0.25) is 0 Å². The number of hydrogen-bond acceptors (Lipinski definition) is 3. The summed E-state index contributed by atoms with van der Waals surface area (Å²) in [6.45, 7) is 2.14. The van der Waals surface area contributed by atoms with Crippen molar-refractivity contribution in [3.63, 3.8) is 0 Å². The van der Waals surface area contributed by atoms with Crippen LogP contribution >= 0.6 is 0 Å². The summed E-state index contributed by atoms with van der Waals surface area (Å²) in [5.41, 5.74) is 5.08. The normalized spacial score (nSPS) is 12.2. The van der Waals surface area contributed by atoms with Crippen molar-refractivity contribution in [3.05, 3.63) is 29.6 Å². The van der Waals surface area contributed by atoms with Gasteiger partial charge in [0.05, 0.1) is 0 Å². The topological polar surface area (TPSA) is 75.3 Å². The first-order chi connectivity index (χ1) is 7.60. The van der Waals surface area contributed by atoms with E-state index in [0.29, 0.717) is 6.42 Å². The van der Waals surface area contributed by atoms with Crippen molar-refractivity contribution < 1.29 is 14.3 Å². The standard InChI is InChI=1S/C11H15FN2O2/c1-2-7(6-13)14-11(16)10-8(12)4-3-5-9(10)15/h3-5,7,15H,2,6,13H2,1H3,(H,14,16). The van der Waals surface area contributed by atoms with Crippen LogP contribution in [0.5, 0.6) is 5.75 Å². The van der Waals surface area contributed by atoms with Gasteiger partial charge in [0.2, 0.25) is 0 Å². The van der Waals surface area contributed by atoms with Crippen LogP contribution in [0.1, 0.15) is 23.7 Å². The molecule has 0 saturated heterocycles. The third kappa shape index (κ3) is 2.70. The van der Waals surface area contributed by atoms with Crippen molar-refractivity contribution >= 4 is 5.91 Å². The van der Waals surface area contributed by atoms with Crippen LogP contribution in [0.3, 0.4) is 0 Å². The molecule has 0 aliphatic rings. The molecule has 0 spiro atoms. The van der Waals surface area contributed by atoms with Crippen LogP contribution in [0, 0.1) is 5.82 Å². The highest BCUT2D eigenvalue weighted by Gasteiger charge is 2.18. The molecule has 1 atom stereocenters. The highest BCUT2D eigenvalue weighted by molar-refractivity contribution is 5.97. The highest BCUT2D eigenvalue weighted by Crippen LogP contribution is 2.19. The van der Waals surface area contributed by atoms with Crippen LogP contribution in [0.25, 0.3) is 0 Å². The van der Waals surface area contributed by atoms with Gasteiger partial charge in [0.25, 0.3) is 5.91 Å². The lowest BCUT2D eigenvalue weighted by molar-refractivity contribution is 0.0930. The van der Waals surface area contributed by atoms with Gasteiger partial charge in [0.15, 0.2) is 0 Å². The zero-order chi connectivity index (χ0) is 12.1. The predicted molar refractivity (Wildman–Crippen MR) is 58.7 cm³/mol. The van der Waals surface area contributed by atoms with E-state index in [9.17, 15) is 14.3 Å². The van der Waals surface area contributed by atoms with Crippen molar-refractivity contribution in [3.8, 4) is 5.75 Å². The fourth-order valence-electron chi connectivity index (χ4n) is 1.32. The Morgan fingerprint density at radius 3 is 2.81 bits per heavy atom. The summed E-state index contributed by atoms with van der Waals surface area (Å²) in [4.78, 5) is 11.6. The van der Waals surface area contributed by atoms with Crippen molar-refractivity contribution in [1.82, 2.24) is 5.32 Å². The second-order valence-electron chi connectivity index (χ2n) is 3.45. The molecular weight excluding hydrogens is 211 g/mol. The molecule has 1 rings (SSSR count). The molecule has 5 heteroatoms. The largest absolute Gasteiger partial charge is 0.507 e. The molecule has 1 unspecified atom stereocenters. The number of phenolic OH excluding ortho intramolecular Hbond substituents is 1. The maximum atomic E-state index is 13.3. The lowest BCUT2D eigenvalue weighted by Crippen LogP contribution is -2.40. The average molecular weight is 226 g/mol. The molecule has 0 saturated carbocycles. The minimum Gasteiger partial charge on any atom is -0.507 e. The molecule has 4 nitrogen and oxygen atoms in total. The van der Waals surface area contributed by atoms with Crippen LogP contribution < -0.4 is 11.1 Å².